The zero-order valence-electron chi connectivity index (χ0n) is 20.9. The minimum absolute atomic E-state index is 0.0231. The van der Waals surface area contributed by atoms with Crippen molar-refractivity contribution in [2.45, 2.75) is 45.6 Å². The predicted octanol–water partition coefficient (Wildman–Crippen LogP) is 6.92. The molecule has 0 saturated carbocycles. The standard InChI is InChI=1S/C30H29N3O4/c1-19(2)14-26(22-10-12-24(31-17-22)27(34)7-5-9-30(35)36)33-25-13-11-21(15-23(25)18-32-33)29-16-20-6-3-4-8-28(20)37-29/h3-4,6,8,10-13,15-19,26H,5,7,9,14H2,1-2H3,(H,35,36). The Kier molecular flexibility index (Phi) is 6.86. The Hall–Kier alpha value is -4.26. The van der Waals surface area contributed by atoms with Gasteiger partial charge in [0.1, 0.15) is 17.0 Å². The van der Waals surface area contributed by atoms with Crippen molar-refractivity contribution in [2.24, 2.45) is 5.92 Å². The summed E-state index contributed by atoms with van der Waals surface area (Å²) >= 11 is 0. The normalized spacial score (nSPS) is 12.4. The van der Waals surface area contributed by atoms with Crippen LogP contribution in [0.5, 0.6) is 0 Å². The number of ketones is 1. The molecule has 0 bridgehead atoms. The molecular formula is C30H29N3O4. The number of fused-ring (bicyclic) bond motifs is 2. The largest absolute Gasteiger partial charge is 0.481 e. The van der Waals surface area contributed by atoms with Gasteiger partial charge in [-0.3, -0.25) is 19.3 Å². The molecule has 0 fully saturated rings. The number of hydrogen-bond acceptors (Lipinski definition) is 5. The Morgan fingerprint density at radius 2 is 1.81 bits per heavy atom. The number of pyridine rings is 1. The number of Topliss-reactive ketones (excluding diaryl/α,β-unsaturated/α-hetero) is 1. The van der Waals surface area contributed by atoms with Crippen LogP contribution in [0.15, 0.2) is 77.5 Å². The Morgan fingerprint density at radius 1 is 0.973 bits per heavy atom. The van der Waals surface area contributed by atoms with Gasteiger partial charge in [-0.2, -0.15) is 5.10 Å². The topological polar surface area (TPSA) is 98.2 Å². The molecule has 188 valence electrons. The van der Waals surface area contributed by atoms with Crippen LogP contribution in [0.3, 0.4) is 0 Å². The van der Waals surface area contributed by atoms with Crippen LogP contribution >= 0.6 is 0 Å². The number of nitrogens with zero attached hydrogens (tertiary/aromatic N) is 3. The van der Waals surface area contributed by atoms with Crippen LogP contribution in [0, 0.1) is 5.92 Å². The van der Waals surface area contributed by atoms with E-state index in [-0.39, 0.29) is 24.7 Å². The third kappa shape index (κ3) is 5.31. The summed E-state index contributed by atoms with van der Waals surface area (Å²) in [5, 5.41) is 15.6. The number of benzene rings is 2. The van der Waals surface area contributed by atoms with Gasteiger partial charge in [-0.05, 0) is 60.7 Å². The third-order valence-corrected chi connectivity index (χ3v) is 6.55. The molecule has 0 spiro atoms. The van der Waals surface area contributed by atoms with Gasteiger partial charge in [0.25, 0.3) is 0 Å². The van der Waals surface area contributed by atoms with E-state index in [2.05, 4.69) is 43.1 Å². The summed E-state index contributed by atoms with van der Waals surface area (Å²) < 4.78 is 8.08. The van der Waals surface area contributed by atoms with Crippen LogP contribution in [0.2, 0.25) is 0 Å². The second-order valence-corrected chi connectivity index (χ2v) is 9.80. The first-order valence-electron chi connectivity index (χ1n) is 12.6. The molecule has 0 aliphatic rings. The molecule has 1 N–H and O–H groups in total. The predicted molar refractivity (Wildman–Crippen MR) is 143 cm³/mol. The number of hydrogen-bond donors (Lipinski definition) is 1. The third-order valence-electron chi connectivity index (χ3n) is 6.55. The molecule has 1 unspecified atom stereocenters. The van der Waals surface area contributed by atoms with Gasteiger partial charge >= 0.3 is 5.97 Å². The zero-order valence-corrected chi connectivity index (χ0v) is 20.9. The van der Waals surface area contributed by atoms with Crippen molar-refractivity contribution in [3.8, 4) is 11.3 Å². The quantitative estimate of drug-likeness (QED) is 0.211. The van der Waals surface area contributed by atoms with Crippen molar-refractivity contribution < 1.29 is 19.1 Å². The highest BCUT2D eigenvalue weighted by atomic mass is 16.4. The van der Waals surface area contributed by atoms with Gasteiger partial charge in [0.05, 0.1) is 17.8 Å². The van der Waals surface area contributed by atoms with Crippen molar-refractivity contribution in [3.05, 3.63) is 84.3 Å². The summed E-state index contributed by atoms with van der Waals surface area (Å²) in [5.41, 5.74) is 4.21. The number of aliphatic carboxylic acids is 1. The number of aromatic nitrogens is 3. The molecule has 3 aromatic heterocycles. The Balaban J connectivity index is 1.42. The summed E-state index contributed by atoms with van der Waals surface area (Å²) in [7, 11) is 0. The first-order chi connectivity index (χ1) is 17.9. The van der Waals surface area contributed by atoms with E-state index in [4.69, 9.17) is 14.6 Å². The molecule has 5 rings (SSSR count). The van der Waals surface area contributed by atoms with Gasteiger partial charge in [0.2, 0.25) is 0 Å². The van der Waals surface area contributed by atoms with E-state index in [0.717, 1.165) is 45.2 Å². The van der Waals surface area contributed by atoms with E-state index < -0.39 is 5.97 Å². The average Bonchev–Trinajstić information content (AvgIpc) is 3.51. The first kappa shape index (κ1) is 24.4. The summed E-state index contributed by atoms with van der Waals surface area (Å²) in [6.07, 6.45) is 4.94. The van der Waals surface area contributed by atoms with Gasteiger partial charge in [-0.25, -0.2) is 0 Å². The van der Waals surface area contributed by atoms with Gasteiger partial charge in [-0.15, -0.1) is 0 Å². The minimum Gasteiger partial charge on any atom is -0.481 e. The second kappa shape index (κ2) is 10.4. The molecule has 3 heterocycles. The minimum atomic E-state index is -0.899. The fraction of sp³-hybridized carbons (Fsp3) is 0.267. The van der Waals surface area contributed by atoms with Crippen molar-refractivity contribution >= 4 is 33.6 Å². The lowest BCUT2D eigenvalue weighted by Gasteiger charge is -2.21. The van der Waals surface area contributed by atoms with Crippen molar-refractivity contribution in [1.29, 1.82) is 0 Å². The maximum Gasteiger partial charge on any atom is 0.303 e. The van der Waals surface area contributed by atoms with Gasteiger partial charge in [0, 0.05) is 35.4 Å². The van der Waals surface area contributed by atoms with Gasteiger partial charge in [0.15, 0.2) is 5.78 Å². The highest BCUT2D eigenvalue weighted by Gasteiger charge is 2.20. The molecule has 0 amide bonds. The summed E-state index contributed by atoms with van der Waals surface area (Å²) in [4.78, 5) is 27.6. The highest BCUT2D eigenvalue weighted by Crippen LogP contribution is 2.33. The molecular weight excluding hydrogens is 466 g/mol. The van der Waals surface area contributed by atoms with Crippen molar-refractivity contribution in [2.75, 3.05) is 0 Å². The molecule has 7 heteroatoms. The zero-order chi connectivity index (χ0) is 25.9. The summed E-state index contributed by atoms with van der Waals surface area (Å²) in [5.74, 6) is 0.193. The molecule has 0 radical (unpaired) electrons. The Labute approximate surface area is 214 Å². The molecule has 0 saturated heterocycles. The fourth-order valence-corrected chi connectivity index (χ4v) is 4.70. The van der Waals surface area contributed by atoms with E-state index in [1.807, 2.05) is 41.2 Å². The van der Waals surface area contributed by atoms with Crippen molar-refractivity contribution in [1.82, 2.24) is 14.8 Å². The molecule has 0 aliphatic carbocycles. The first-order valence-corrected chi connectivity index (χ1v) is 12.6. The number of rotatable bonds is 10. The monoisotopic (exact) mass is 495 g/mol. The van der Waals surface area contributed by atoms with E-state index in [1.54, 1.807) is 12.3 Å². The number of carbonyl (C=O) groups excluding carboxylic acids is 1. The molecule has 5 aromatic rings. The summed E-state index contributed by atoms with van der Waals surface area (Å²) in [6, 6.07) is 19.9. The molecule has 1 atom stereocenters. The lowest BCUT2D eigenvalue weighted by atomic mass is 9.97. The Morgan fingerprint density at radius 3 is 2.54 bits per heavy atom. The van der Waals surface area contributed by atoms with Crippen LogP contribution in [-0.4, -0.2) is 31.6 Å². The van der Waals surface area contributed by atoms with Crippen LogP contribution in [0.4, 0.5) is 0 Å². The second-order valence-electron chi connectivity index (χ2n) is 9.80. The number of carboxylic acids is 1. The maximum absolute atomic E-state index is 12.4. The maximum atomic E-state index is 12.4. The van der Waals surface area contributed by atoms with E-state index in [9.17, 15) is 9.59 Å². The smallest absolute Gasteiger partial charge is 0.303 e. The van der Waals surface area contributed by atoms with Gasteiger partial charge < -0.3 is 9.52 Å². The lowest BCUT2D eigenvalue weighted by Crippen LogP contribution is -2.15. The molecule has 0 aliphatic heterocycles. The van der Waals surface area contributed by atoms with Crippen LogP contribution in [-0.2, 0) is 4.79 Å². The fourth-order valence-electron chi connectivity index (χ4n) is 4.70. The lowest BCUT2D eigenvalue weighted by molar-refractivity contribution is -0.137. The van der Waals surface area contributed by atoms with Crippen LogP contribution < -0.4 is 0 Å². The Bertz CT molecular complexity index is 1530. The van der Waals surface area contributed by atoms with Crippen LogP contribution in [0.1, 0.15) is 61.6 Å². The average molecular weight is 496 g/mol. The number of furan rings is 1. The molecule has 2 aromatic carbocycles. The van der Waals surface area contributed by atoms with E-state index >= 15 is 0 Å². The summed E-state index contributed by atoms with van der Waals surface area (Å²) in [6.45, 7) is 4.35. The molecule has 37 heavy (non-hydrogen) atoms. The van der Waals surface area contributed by atoms with Gasteiger partial charge in [-0.1, -0.05) is 38.1 Å². The van der Waals surface area contributed by atoms with Crippen LogP contribution in [0.25, 0.3) is 33.2 Å². The SMILES string of the molecule is CC(C)CC(c1ccc(C(=O)CCCC(=O)O)nc1)n1ncc2cc(-c3cc4ccccc4o3)ccc21. The van der Waals surface area contributed by atoms with Crippen molar-refractivity contribution in [3.63, 3.8) is 0 Å². The highest BCUT2D eigenvalue weighted by molar-refractivity contribution is 5.94. The number of carbonyl (C=O) groups is 2. The number of carboxylic acid groups (broad SMARTS) is 1. The van der Waals surface area contributed by atoms with E-state index in [1.165, 1.54) is 0 Å². The number of para-hydroxylation sites is 1. The van der Waals surface area contributed by atoms with E-state index in [0.29, 0.717) is 18.0 Å². The molecule has 7 nitrogen and oxygen atoms in total.